The van der Waals surface area contributed by atoms with Crippen LogP contribution in [0.5, 0.6) is 0 Å². The number of aliphatic hydroxyl groups is 1. The lowest BCUT2D eigenvalue weighted by atomic mass is 9.94. The van der Waals surface area contributed by atoms with Gasteiger partial charge in [0.2, 0.25) is 0 Å². The minimum atomic E-state index is -0.659. The van der Waals surface area contributed by atoms with Gasteiger partial charge in [0.05, 0.1) is 24.8 Å². The van der Waals surface area contributed by atoms with Crippen molar-refractivity contribution in [2.75, 3.05) is 39.4 Å². The van der Waals surface area contributed by atoms with Gasteiger partial charge in [0.15, 0.2) is 0 Å². The van der Waals surface area contributed by atoms with Crippen LogP contribution in [0.3, 0.4) is 0 Å². The molecule has 2 aromatic rings. The number of pyridine rings is 1. The quantitative estimate of drug-likeness (QED) is 0.427. The van der Waals surface area contributed by atoms with Crippen molar-refractivity contribution in [3.05, 3.63) is 70.6 Å². The van der Waals surface area contributed by atoms with Crippen LogP contribution in [0, 0.1) is 13.8 Å². The molecule has 2 aliphatic heterocycles. The predicted octanol–water partition coefficient (Wildman–Crippen LogP) is 2.84. The number of nitrogens with zero attached hydrogens (tertiary/aromatic N) is 3. The number of hydrogen-bond donors (Lipinski definition) is 1. The molecule has 0 bridgehead atoms. The van der Waals surface area contributed by atoms with Gasteiger partial charge in [-0.15, -0.1) is 0 Å². The first-order chi connectivity index (χ1) is 15.5. The lowest BCUT2D eigenvalue weighted by Crippen LogP contribution is -2.39. The molecule has 1 N–H and O–H groups in total. The third-order valence-corrected chi connectivity index (χ3v) is 6.17. The molecule has 0 aliphatic carbocycles. The maximum absolute atomic E-state index is 13.1. The number of benzene rings is 1. The molecule has 1 amide bonds. The summed E-state index contributed by atoms with van der Waals surface area (Å²) in [6.07, 6.45) is 4.04. The third kappa shape index (κ3) is 4.45. The van der Waals surface area contributed by atoms with Crippen molar-refractivity contribution in [2.45, 2.75) is 26.3 Å². The molecule has 2 fully saturated rings. The molecule has 3 heterocycles. The second-order valence-corrected chi connectivity index (χ2v) is 8.40. The highest BCUT2D eigenvalue weighted by Gasteiger charge is 2.46. The van der Waals surface area contributed by atoms with E-state index in [1.165, 1.54) is 0 Å². The number of aryl methyl sites for hydroxylation is 2. The number of carbonyl (C=O) groups excluding carboxylic acids is 2. The number of Topliss-reactive ketones (excluding diaryl/α,β-unsaturated/α-hetero) is 1. The Morgan fingerprint density at radius 2 is 1.94 bits per heavy atom. The normalized spacial score (nSPS) is 21.3. The van der Waals surface area contributed by atoms with Gasteiger partial charge in [-0.3, -0.25) is 19.5 Å². The van der Waals surface area contributed by atoms with E-state index in [-0.39, 0.29) is 11.3 Å². The molecule has 1 aromatic carbocycles. The third-order valence-electron chi connectivity index (χ3n) is 6.17. The van der Waals surface area contributed by atoms with Crippen molar-refractivity contribution in [3.63, 3.8) is 0 Å². The second-order valence-electron chi connectivity index (χ2n) is 8.40. The van der Waals surface area contributed by atoms with Crippen LogP contribution in [0.4, 0.5) is 0 Å². The molecule has 2 saturated heterocycles. The zero-order valence-corrected chi connectivity index (χ0v) is 18.6. The fourth-order valence-corrected chi connectivity index (χ4v) is 4.42. The monoisotopic (exact) mass is 435 g/mol. The van der Waals surface area contributed by atoms with Gasteiger partial charge in [0.1, 0.15) is 5.76 Å². The number of ether oxygens (including phenoxy) is 1. The zero-order valence-electron chi connectivity index (χ0n) is 18.6. The van der Waals surface area contributed by atoms with Gasteiger partial charge in [-0.05, 0) is 43.5 Å². The molecule has 2 aliphatic rings. The molecule has 32 heavy (non-hydrogen) atoms. The number of hydrogen-bond acceptors (Lipinski definition) is 6. The Labute approximate surface area is 188 Å². The summed E-state index contributed by atoms with van der Waals surface area (Å²) in [7, 11) is 0. The summed E-state index contributed by atoms with van der Waals surface area (Å²) < 4.78 is 5.39. The van der Waals surface area contributed by atoms with Crippen LogP contribution in [-0.2, 0) is 14.3 Å². The number of aliphatic hydroxyl groups excluding tert-OH is 1. The Balaban J connectivity index is 1.68. The number of ketones is 1. The minimum absolute atomic E-state index is 0.128. The number of amides is 1. The highest BCUT2D eigenvalue weighted by molar-refractivity contribution is 6.46. The van der Waals surface area contributed by atoms with Crippen molar-refractivity contribution in [1.82, 2.24) is 14.8 Å². The van der Waals surface area contributed by atoms with Crippen LogP contribution in [0.2, 0.25) is 0 Å². The second kappa shape index (κ2) is 9.63. The number of likely N-dealkylation sites (tertiary alicyclic amines) is 1. The smallest absolute Gasteiger partial charge is 0.295 e. The maximum Gasteiger partial charge on any atom is 0.295 e. The lowest BCUT2D eigenvalue weighted by molar-refractivity contribution is -0.140. The predicted molar refractivity (Wildman–Crippen MR) is 121 cm³/mol. The van der Waals surface area contributed by atoms with Crippen molar-refractivity contribution in [2.24, 2.45) is 0 Å². The highest BCUT2D eigenvalue weighted by atomic mass is 16.5. The summed E-state index contributed by atoms with van der Waals surface area (Å²) in [5, 5.41) is 11.2. The molecule has 0 unspecified atom stereocenters. The van der Waals surface area contributed by atoms with Crippen LogP contribution in [0.15, 0.2) is 48.3 Å². The van der Waals surface area contributed by atoms with Gasteiger partial charge < -0.3 is 14.7 Å². The lowest BCUT2D eigenvalue weighted by Gasteiger charge is -2.29. The average molecular weight is 436 g/mol. The van der Waals surface area contributed by atoms with Crippen LogP contribution in [0.1, 0.15) is 34.7 Å². The standard InChI is InChI=1S/C25H29N3O4/c1-17-6-7-18(2)20(15-17)23(29)21-22(19-5-3-8-26-16-19)28(25(31)24(21)30)10-4-9-27-11-13-32-14-12-27/h3,5-8,15-16,22,29H,4,9-14H2,1-2H3/t22-/m0/s1. The molecular formula is C25H29N3O4. The van der Waals surface area contributed by atoms with E-state index in [2.05, 4.69) is 9.88 Å². The summed E-state index contributed by atoms with van der Waals surface area (Å²) in [6, 6.07) is 8.66. The molecule has 0 saturated carbocycles. The van der Waals surface area contributed by atoms with Crippen LogP contribution < -0.4 is 0 Å². The van der Waals surface area contributed by atoms with Gasteiger partial charge in [0.25, 0.3) is 11.7 Å². The van der Waals surface area contributed by atoms with Gasteiger partial charge in [-0.2, -0.15) is 0 Å². The number of aromatic nitrogens is 1. The van der Waals surface area contributed by atoms with Crippen molar-refractivity contribution in [1.29, 1.82) is 0 Å². The first-order valence-corrected chi connectivity index (χ1v) is 11.0. The van der Waals surface area contributed by atoms with Crippen molar-refractivity contribution in [3.8, 4) is 0 Å². The Hall–Kier alpha value is -3.03. The van der Waals surface area contributed by atoms with E-state index in [4.69, 9.17) is 4.74 Å². The fraction of sp³-hybridized carbons (Fsp3) is 0.400. The topological polar surface area (TPSA) is 83.0 Å². The van der Waals surface area contributed by atoms with E-state index in [1.54, 1.807) is 23.4 Å². The first kappa shape index (κ1) is 22.2. The molecule has 7 nitrogen and oxygen atoms in total. The van der Waals surface area contributed by atoms with E-state index in [0.29, 0.717) is 17.7 Å². The summed E-state index contributed by atoms with van der Waals surface area (Å²) >= 11 is 0. The Bertz CT molecular complexity index is 1030. The molecule has 0 radical (unpaired) electrons. The van der Waals surface area contributed by atoms with Gasteiger partial charge in [-0.1, -0.05) is 23.8 Å². The molecule has 0 spiro atoms. The largest absolute Gasteiger partial charge is 0.507 e. The molecule has 7 heteroatoms. The molecule has 4 rings (SSSR count). The van der Waals surface area contributed by atoms with Gasteiger partial charge in [0, 0.05) is 44.1 Å². The summed E-state index contributed by atoms with van der Waals surface area (Å²) in [6.45, 7) is 8.24. The first-order valence-electron chi connectivity index (χ1n) is 11.0. The Morgan fingerprint density at radius 1 is 1.16 bits per heavy atom. The maximum atomic E-state index is 13.1. The van der Waals surface area contributed by atoms with Crippen LogP contribution >= 0.6 is 0 Å². The van der Waals surface area contributed by atoms with E-state index < -0.39 is 17.7 Å². The zero-order chi connectivity index (χ0) is 22.7. The molecular weight excluding hydrogens is 406 g/mol. The van der Waals surface area contributed by atoms with E-state index in [1.807, 2.05) is 38.1 Å². The van der Waals surface area contributed by atoms with Crippen molar-refractivity contribution >= 4 is 17.4 Å². The highest BCUT2D eigenvalue weighted by Crippen LogP contribution is 2.39. The summed E-state index contributed by atoms with van der Waals surface area (Å²) in [5.41, 5.74) is 3.23. The Kier molecular flexibility index (Phi) is 6.67. The van der Waals surface area contributed by atoms with Gasteiger partial charge in [-0.25, -0.2) is 0 Å². The van der Waals surface area contributed by atoms with E-state index in [0.717, 1.165) is 50.4 Å². The average Bonchev–Trinajstić information content (AvgIpc) is 3.06. The van der Waals surface area contributed by atoms with Crippen molar-refractivity contribution < 1.29 is 19.4 Å². The van der Waals surface area contributed by atoms with Crippen LogP contribution in [0.25, 0.3) is 5.76 Å². The van der Waals surface area contributed by atoms with E-state index in [9.17, 15) is 14.7 Å². The molecule has 1 atom stereocenters. The number of carbonyl (C=O) groups is 2. The molecule has 1 aromatic heterocycles. The van der Waals surface area contributed by atoms with Crippen LogP contribution in [-0.4, -0.2) is 71.0 Å². The summed E-state index contributed by atoms with van der Waals surface area (Å²) in [4.78, 5) is 34.2. The number of morpholine rings is 1. The van der Waals surface area contributed by atoms with Gasteiger partial charge >= 0.3 is 0 Å². The van der Waals surface area contributed by atoms with E-state index >= 15 is 0 Å². The summed E-state index contributed by atoms with van der Waals surface area (Å²) in [5.74, 6) is -1.36. The Morgan fingerprint density at radius 3 is 2.66 bits per heavy atom. The fourth-order valence-electron chi connectivity index (χ4n) is 4.42. The SMILES string of the molecule is Cc1ccc(C)c(C(O)=C2C(=O)C(=O)N(CCCN3CCOCC3)[C@H]2c2cccnc2)c1. The minimum Gasteiger partial charge on any atom is -0.507 e. The molecule has 168 valence electrons. The number of rotatable bonds is 6.